The third-order valence-corrected chi connectivity index (χ3v) is 7.07. The van der Waals surface area contributed by atoms with Gasteiger partial charge >= 0.3 is 6.09 Å². The van der Waals surface area contributed by atoms with Gasteiger partial charge in [-0.15, -0.1) is 0 Å². The Hall–Kier alpha value is -3.44. The molecule has 3 aromatic carbocycles. The Morgan fingerprint density at radius 3 is 2.35 bits per heavy atom. The minimum Gasteiger partial charge on any atom is -1.00 e. The smallest absolute Gasteiger partial charge is 0.411 e. The summed E-state index contributed by atoms with van der Waals surface area (Å²) in [5, 5.41) is 5.81. The van der Waals surface area contributed by atoms with Crippen molar-refractivity contribution in [3.63, 3.8) is 0 Å². The molecule has 1 fully saturated rings. The molecule has 0 radical (unpaired) electrons. The van der Waals surface area contributed by atoms with Gasteiger partial charge in [0.1, 0.15) is 18.1 Å². The number of benzene rings is 3. The van der Waals surface area contributed by atoms with Crippen molar-refractivity contribution in [3.8, 4) is 16.9 Å². The van der Waals surface area contributed by atoms with Crippen LogP contribution >= 0.6 is 0 Å². The van der Waals surface area contributed by atoms with Gasteiger partial charge in [-0.05, 0) is 41.8 Å². The van der Waals surface area contributed by atoms with Gasteiger partial charge in [-0.2, -0.15) is 0 Å². The first-order chi connectivity index (χ1) is 18.8. The Kier molecular flexibility index (Phi) is 11.1. The lowest BCUT2D eigenvalue weighted by molar-refractivity contribution is -0.896. The maximum atomic E-state index is 12.9. The number of carbonyl (C=O) groups excluding carboxylic acids is 3. The highest BCUT2D eigenvalue weighted by Crippen LogP contribution is 2.30. The van der Waals surface area contributed by atoms with E-state index in [0.29, 0.717) is 29.1 Å². The number of ether oxygens (including phenoxy) is 2. The van der Waals surface area contributed by atoms with Crippen LogP contribution in [0.4, 0.5) is 16.2 Å². The van der Waals surface area contributed by atoms with Gasteiger partial charge in [0.05, 0.1) is 45.7 Å². The van der Waals surface area contributed by atoms with Gasteiger partial charge in [-0.25, -0.2) is 4.79 Å². The van der Waals surface area contributed by atoms with Crippen LogP contribution in [0, 0.1) is 0 Å². The lowest BCUT2D eigenvalue weighted by atomic mass is 9.99. The highest BCUT2D eigenvalue weighted by molar-refractivity contribution is 5.94. The molecule has 3 aromatic rings. The van der Waals surface area contributed by atoms with Crippen molar-refractivity contribution in [2.75, 3.05) is 44.9 Å². The summed E-state index contributed by atoms with van der Waals surface area (Å²) in [5.41, 5.74) is 4.36. The van der Waals surface area contributed by atoms with Crippen molar-refractivity contribution in [1.82, 2.24) is 0 Å². The molecule has 0 atom stereocenters. The summed E-state index contributed by atoms with van der Waals surface area (Å²) in [5.74, 6) is 0.234. The molecule has 4 rings (SSSR count). The number of amides is 2. The zero-order chi connectivity index (χ0) is 27.8. The highest BCUT2D eigenvalue weighted by atomic mass is 127. The number of methoxy groups -OCH3 is 1. The lowest BCUT2D eigenvalue weighted by Crippen LogP contribution is -3.00. The van der Waals surface area contributed by atoms with Crippen molar-refractivity contribution in [2.24, 2.45) is 0 Å². The Morgan fingerprint density at radius 1 is 0.950 bits per heavy atom. The maximum absolute atomic E-state index is 12.9. The fraction of sp³-hybridized carbons (Fsp3) is 0.323. The Morgan fingerprint density at radius 2 is 1.68 bits per heavy atom. The van der Waals surface area contributed by atoms with Crippen molar-refractivity contribution >= 4 is 29.7 Å². The molecule has 1 aliphatic rings. The van der Waals surface area contributed by atoms with E-state index in [2.05, 4.69) is 24.7 Å². The number of rotatable bonds is 9. The van der Waals surface area contributed by atoms with E-state index >= 15 is 0 Å². The second-order valence-corrected chi connectivity index (χ2v) is 10.5. The summed E-state index contributed by atoms with van der Waals surface area (Å²) in [6.07, 6.45) is 2.53. The molecule has 0 aliphatic carbocycles. The normalized spacial score (nSPS) is 14.4. The number of quaternary nitrogens is 1. The Labute approximate surface area is 252 Å². The quantitative estimate of drug-likeness (QED) is 0.210. The molecule has 212 valence electrons. The lowest BCUT2D eigenvalue weighted by Gasteiger charge is -2.36. The van der Waals surface area contributed by atoms with E-state index in [1.54, 1.807) is 18.2 Å². The van der Waals surface area contributed by atoms with Crippen LogP contribution in [0.2, 0.25) is 0 Å². The van der Waals surface area contributed by atoms with Crippen LogP contribution in [-0.4, -0.2) is 63.2 Å². The minimum absolute atomic E-state index is 0. The summed E-state index contributed by atoms with van der Waals surface area (Å²) < 4.78 is 12.0. The van der Waals surface area contributed by atoms with Gasteiger partial charge in [0.25, 0.3) is 0 Å². The predicted octanol–water partition coefficient (Wildman–Crippen LogP) is 2.54. The largest absolute Gasteiger partial charge is 1.00 e. The predicted molar refractivity (Wildman–Crippen MR) is 152 cm³/mol. The molecular weight excluding hydrogens is 621 g/mol. The number of hydrogen-bond acceptors (Lipinski definition) is 5. The van der Waals surface area contributed by atoms with E-state index in [0.717, 1.165) is 53.4 Å². The minimum atomic E-state index is -0.467. The highest BCUT2D eigenvalue weighted by Gasteiger charge is 2.28. The molecule has 1 heterocycles. The average Bonchev–Trinajstić information content (AvgIpc) is 2.94. The molecule has 0 saturated carbocycles. The van der Waals surface area contributed by atoms with Crippen molar-refractivity contribution in [1.29, 1.82) is 0 Å². The van der Waals surface area contributed by atoms with Gasteiger partial charge in [-0.1, -0.05) is 42.5 Å². The molecule has 2 amide bonds. The standard InChI is InChI=1S/C31H35N3O5.HI/c1-34(2)17-15-25(16-18-34)39-31(37)33-28-19-22(9-12-26(28)24-7-5-4-6-8-24)11-14-30(36)32-27-13-10-23(21-35)20-29(27)38-3;/h4-10,12-13,19-21,25H,11,14-18H2,1-3H3,(H-,32,33,35,36,37);1H. The van der Waals surface area contributed by atoms with Crippen LogP contribution in [0.15, 0.2) is 66.7 Å². The van der Waals surface area contributed by atoms with Crippen molar-refractivity contribution in [2.45, 2.75) is 31.8 Å². The van der Waals surface area contributed by atoms with E-state index in [1.807, 2.05) is 48.5 Å². The molecule has 2 N–H and O–H groups in total. The number of piperidine rings is 1. The third-order valence-electron chi connectivity index (χ3n) is 7.07. The number of aldehydes is 1. The van der Waals surface area contributed by atoms with E-state index in [-0.39, 0.29) is 42.4 Å². The number of carbonyl (C=O) groups is 3. The number of aryl methyl sites for hydroxylation is 1. The number of hydrogen-bond donors (Lipinski definition) is 2. The van der Waals surface area contributed by atoms with Gasteiger partial charge in [0, 0.05) is 30.4 Å². The van der Waals surface area contributed by atoms with E-state index in [1.165, 1.54) is 7.11 Å². The Balaban J connectivity index is 0.00000441. The number of nitrogens with zero attached hydrogens (tertiary/aromatic N) is 1. The molecule has 0 aromatic heterocycles. The number of anilines is 2. The molecule has 0 spiro atoms. The zero-order valence-electron chi connectivity index (χ0n) is 23.1. The average molecular weight is 658 g/mol. The van der Waals surface area contributed by atoms with E-state index in [4.69, 9.17) is 9.47 Å². The van der Waals surface area contributed by atoms with Gasteiger partial charge in [0.15, 0.2) is 0 Å². The zero-order valence-corrected chi connectivity index (χ0v) is 25.3. The molecule has 9 heteroatoms. The SMILES string of the molecule is COc1cc(C=O)ccc1NC(=O)CCc1ccc(-c2ccccc2)c(NC(=O)OC2CC[N+](C)(C)CC2)c1.[I-]. The molecule has 1 aliphatic heterocycles. The summed E-state index contributed by atoms with van der Waals surface area (Å²) >= 11 is 0. The van der Waals surface area contributed by atoms with Crippen LogP contribution < -0.4 is 39.3 Å². The molecule has 1 saturated heterocycles. The number of likely N-dealkylation sites (tertiary alicyclic amines) is 1. The second kappa shape index (κ2) is 14.3. The van der Waals surface area contributed by atoms with Crippen LogP contribution in [0.5, 0.6) is 5.75 Å². The fourth-order valence-electron chi connectivity index (χ4n) is 4.73. The third kappa shape index (κ3) is 8.53. The van der Waals surface area contributed by atoms with Crippen LogP contribution in [0.1, 0.15) is 35.2 Å². The summed E-state index contributed by atoms with van der Waals surface area (Å²) in [6.45, 7) is 1.94. The Bertz CT molecular complexity index is 1320. The molecule has 0 unspecified atom stereocenters. The monoisotopic (exact) mass is 657 g/mol. The second-order valence-electron chi connectivity index (χ2n) is 10.5. The molecule has 40 heavy (non-hydrogen) atoms. The molecule has 0 bridgehead atoms. The van der Waals surface area contributed by atoms with Gasteiger partial charge < -0.3 is 43.3 Å². The first-order valence-corrected chi connectivity index (χ1v) is 13.2. The van der Waals surface area contributed by atoms with E-state index in [9.17, 15) is 14.4 Å². The molecular formula is C31H36IN3O5. The maximum Gasteiger partial charge on any atom is 0.411 e. The van der Waals surface area contributed by atoms with Crippen LogP contribution in [0.3, 0.4) is 0 Å². The number of nitrogens with one attached hydrogen (secondary N) is 2. The summed E-state index contributed by atoms with van der Waals surface area (Å²) in [7, 11) is 5.86. The van der Waals surface area contributed by atoms with Crippen molar-refractivity contribution < 1.29 is 52.3 Å². The van der Waals surface area contributed by atoms with Crippen LogP contribution in [0.25, 0.3) is 11.1 Å². The molecule has 8 nitrogen and oxygen atoms in total. The van der Waals surface area contributed by atoms with Gasteiger partial charge in [-0.3, -0.25) is 14.9 Å². The van der Waals surface area contributed by atoms with E-state index < -0.39 is 6.09 Å². The van der Waals surface area contributed by atoms with Crippen LogP contribution in [-0.2, 0) is 16.0 Å². The van der Waals surface area contributed by atoms with Gasteiger partial charge in [0.2, 0.25) is 5.91 Å². The summed E-state index contributed by atoms with van der Waals surface area (Å²) in [4.78, 5) is 36.6. The first-order valence-electron chi connectivity index (χ1n) is 13.2. The fourth-order valence-corrected chi connectivity index (χ4v) is 4.73. The number of halogens is 1. The van der Waals surface area contributed by atoms with Crippen molar-refractivity contribution in [3.05, 3.63) is 77.9 Å². The topological polar surface area (TPSA) is 93.7 Å². The first kappa shape index (κ1) is 31.1. The summed E-state index contributed by atoms with van der Waals surface area (Å²) in [6, 6.07) is 20.5.